The summed E-state index contributed by atoms with van der Waals surface area (Å²) in [4.78, 5) is 2.11. The van der Waals surface area contributed by atoms with Gasteiger partial charge in [0.2, 0.25) is 0 Å². The number of alkyl halides is 1. The van der Waals surface area contributed by atoms with Gasteiger partial charge in [-0.15, -0.1) is 0 Å². The molecule has 0 saturated heterocycles. The molecule has 60 valence electrons. The Kier molecular flexibility index (Phi) is 1.99. The zero-order chi connectivity index (χ0) is 7.89. The van der Waals surface area contributed by atoms with Crippen molar-refractivity contribution >= 4 is 0 Å². The fourth-order valence-corrected chi connectivity index (χ4v) is 1.33. The number of nitrogens with zero attached hydrogens (tertiary/aromatic N) is 1. The van der Waals surface area contributed by atoms with Crippen LogP contribution >= 0.6 is 0 Å². The summed E-state index contributed by atoms with van der Waals surface area (Å²) in [7, 11) is 1.99. The topological polar surface area (TPSA) is 3.24 Å². The first kappa shape index (κ1) is 7.99. The molecular weight excluding hydrogens is 129 g/mol. The zero-order valence-corrected chi connectivity index (χ0v) is 7.13. The lowest BCUT2D eigenvalue weighted by molar-refractivity contribution is 0.234. The smallest absolute Gasteiger partial charge is 0.120 e. The van der Waals surface area contributed by atoms with Crippen molar-refractivity contribution in [2.75, 3.05) is 7.05 Å². The Morgan fingerprint density at radius 2 is 1.80 bits per heavy atom. The average molecular weight is 145 g/mol. The SMILES string of the molecule is CC(C)N(C)[C@H]1[C@@H](C)[C@@H]1F. The standard InChI is InChI=1S/C8H16FN/c1-5(2)10(4)8-6(3)7(8)9/h5-8H,1-4H3/t6-,7-,8-/m0/s1. The molecule has 0 N–H and O–H groups in total. The third kappa shape index (κ3) is 1.17. The third-order valence-electron chi connectivity index (χ3n) is 2.51. The predicted molar refractivity (Wildman–Crippen MR) is 40.7 cm³/mol. The molecule has 0 heterocycles. The monoisotopic (exact) mass is 145 g/mol. The molecule has 0 unspecified atom stereocenters. The Morgan fingerprint density at radius 3 is 1.90 bits per heavy atom. The van der Waals surface area contributed by atoms with Gasteiger partial charge < -0.3 is 0 Å². The second-order valence-electron chi connectivity index (χ2n) is 3.55. The van der Waals surface area contributed by atoms with Crippen LogP contribution in [-0.4, -0.2) is 30.2 Å². The molecule has 0 bridgehead atoms. The minimum absolute atomic E-state index is 0.194. The second-order valence-corrected chi connectivity index (χ2v) is 3.55. The molecule has 0 aliphatic heterocycles. The number of halogens is 1. The highest BCUT2D eigenvalue weighted by Gasteiger charge is 2.50. The molecule has 2 heteroatoms. The van der Waals surface area contributed by atoms with E-state index in [1.54, 1.807) is 0 Å². The maximum Gasteiger partial charge on any atom is 0.120 e. The van der Waals surface area contributed by atoms with Crippen molar-refractivity contribution in [3.05, 3.63) is 0 Å². The summed E-state index contributed by atoms with van der Waals surface area (Å²) in [5.74, 6) is 0.257. The Hall–Kier alpha value is -0.110. The molecule has 10 heavy (non-hydrogen) atoms. The fourth-order valence-electron chi connectivity index (χ4n) is 1.33. The van der Waals surface area contributed by atoms with Crippen LogP contribution in [0.4, 0.5) is 4.39 Å². The van der Waals surface area contributed by atoms with E-state index in [0.29, 0.717) is 6.04 Å². The quantitative estimate of drug-likeness (QED) is 0.571. The van der Waals surface area contributed by atoms with E-state index < -0.39 is 6.17 Å². The van der Waals surface area contributed by atoms with E-state index in [9.17, 15) is 4.39 Å². The normalized spacial score (nSPS) is 39.3. The molecule has 1 rings (SSSR count). The second kappa shape index (κ2) is 2.50. The maximum atomic E-state index is 12.7. The largest absolute Gasteiger partial charge is 0.298 e. The summed E-state index contributed by atoms with van der Waals surface area (Å²) in [5, 5.41) is 0. The van der Waals surface area contributed by atoms with E-state index in [1.807, 2.05) is 14.0 Å². The number of hydrogen-bond acceptors (Lipinski definition) is 1. The van der Waals surface area contributed by atoms with Crippen LogP contribution in [0, 0.1) is 5.92 Å². The Bertz CT molecular complexity index is 110. The minimum Gasteiger partial charge on any atom is -0.298 e. The van der Waals surface area contributed by atoms with Gasteiger partial charge in [0.1, 0.15) is 6.17 Å². The van der Waals surface area contributed by atoms with E-state index in [1.165, 1.54) is 0 Å². The van der Waals surface area contributed by atoms with Crippen LogP contribution in [0.25, 0.3) is 0 Å². The lowest BCUT2D eigenvalue weighted by Crippen LogP contribution is -2.30. The van der Waals surface area contributed by atoms with Gasteiger partial charge in [-0.25, -0.2) is 4.39 Å². The highest BCUT2D eigenvalue weighted by atomic mass is 19.1. The highest BCUT2D eigenvalue weighted by molar-refractivity contribution is 5.02. The van der Waals surface area contributed by atoms with Gasteiger partial charge in [0, 0.05) is 18.0 Å². The Balaban J connectivity index is 2.38. The van der Waals surface area contributed by atoms with Gasteiger partial charge >= 0.3 is 0 Å². The molecule has 3 atom stereocenters. The zero-order valence-electron chi connectivity index (χ0n) is 7.13. The summed E-state index contributed by atoms with van der Waals surface area (Å²) < 4.78 is 12.7. The maximum absolute atomic E-state index is 12.7. The van der Waals surface area contributed by atoms with Crippen molar-refractivity contribution in [2.45, 2.75) is 39.0 Å². The summed E-state index contributed by atoms with van der Waals surface area (Å²) in [6.07, 6.45) is -0.576. The Morgan fingerprint density at radius 1 is 1.40 bits per heavy atom. The predicted octanol–water partition coefficient (Wildman–Crippen LogP) is 1.68. The molecule has 0 amide bonds. The van der Waals surface area contributed by atoms with Crippen molar-refractivity contribution in [1.82, 2.24) is 4.90 Å². The lowest BCUT2D eigenvalue weighted by atomic mass is 10.3. The first-order valence-electron chi connectivity index (χ1n) is 3.91. The van der Waals surface area contributed by atoms with Crippen LogP contribution in [0.5, 0.6) is 0 Å². The van der Waals surface area contributed by atoms with Gasteiger partial charge in [-0.2, -0.15) is 0 Å². The highest BCUT2D eigenvalue weighted by Crippen LogP contribution is 2.38. The molecular formula is C8H16FN. The van der Waals surface area contributed by atoms with E-state index in [4.69, 9.17) is 0 Å². The van der Waals surface area contributed by atoms with Crippen molar-refractivity contribution in [2.24, 2.45) is 5.92 Å². The number of rotatable bonds is 2. The van der Waals surface area contributed by atoms with Gasteiger partial charge in [0.25, 0.3) is 0 Å². The molecule has 1 fully saturated rings. The van der Waals surface area contributed by atoms with Crippen LogP contribution in [0.2, 0.25) is 0 Å². The van der Waals surface area contributed by atoms with Gasteiger partial charge in [-0.1, -0.05) is 6.92 Å². The molecule has 1 nitrogen and oxygen atoms in total. The summed E-state index contributed by atoms with van der Waals surface area (Å²) in [6.45, 7) is 6.16. The van der Waals surface area contributed by atoms with Crippen molar-refractivity contribution in [3.8, 4) is 0 Å². The van der Waals surface area contributed by atoms with E-state index in [2.05, 4.69) is 18.7 Å². The lowest BCUT2D eigenvalue weighted by Gasteiger charge is -2.20. The van der Waals surface area contributed by atoms with Crippen molar-refractivity contribution < 1.29 is 4.39 Å². The Labute approximate surface area is 62.2 Å². The summed E-state index contributed by atoms with van der Waals surface area (Å²) >= 11 is 0. The first-order valence-corrected chi connectivity index (χ1v) is 3.91. The van der Waals surface area contributed by atoms with Crippen LogP contribution in [0.1, 0.15) is 20.8 Å². The van der Waals surface area contributed by atoms with Gasteiger partial charge in [-0.3, -0.25) is 4.90 Å². The summed E-state index contributed by atoms with van der Waals surface area (Å²) in [6, 6.07) is 0.660. The summed E-state index contributed by atoms with van der Waals surface area (Å²) in [5.41, 5.74) is 0. The first-order chi connectivity index (χ1) is 4.55. The van der Waals surface area contributed by atoms with E-state index in [-0.39, 0.29) is 12.0 Å². The molecule has 0 spiro atoms. The van der Waals surface area contributed by atoms with Crippen LogP contribution in [0.15, 0.2) is 0 Å². The van der Waals surface area contributed by atoms with E-state index in [0.717, 1.165) is 0 Å². The molecule has 0 radical (unpaired) electrons. The van der Waals surface area contributed by atoms with Crippen LogP contribution in [0.3, 0.4) is 0 Å². The number of hydrogen-bond donors (Lipinski definition) is 0. The molecule has 1 saturated carbocycles. The van der Waals surface area contributed by atoms with Crippen LogP contribution in [-0.2, 0) is 0 Å². The van der Waals surface area contributed by atoms with Crippen LogP contribution < -0.4 is 0 Å². The average Bonchev–Trinajstić information content (AvgIpc) is 2.40. The molecule has 0 aromatic rings. The molecule has 1 aliphatic rings. The van der Waals surface area contributed by atoms with E-state index >= 15 is 0 Å². The third-order valence-corrected chi connectivity index (χ3v) is 2.51. The molecule has 0 aromatic carbocycles. The molecule has 0 aromatic heterocycles. The van der Waals surface area contributed by atoms with Crippen molar-refractivity contribution in [3.63, 3.8) is 0 Å². The molecule has 1 aliphatic carbocycles. The fraction of sp³-hybridized carbons (Fsp3) is 1.00. The van der Waals surface area contributed by atoms with Gasteiger partial charge in [0.15, 0.2) is 0 Å². The minimum atomic E-state index is -0.576. The van der Waals surface area contributed by atoms with Gasteiger partial charge in [0.05, 0.1) is 0 Å². The van der Waals surface area contributed by atoms with Gasteiger partial charge in [-0.05, 0) is 20.9 Å². The van der Waals surface area contributed by atoms with Crippen molar-refractivity contribution in [1.29, 1.82) is 0 Å².